The van der Waals surface area contributed by atoms with Gasteiger partial charge in [-0.3, -0.25) is 4.79 Å². The lowest BCUT2D eigenvalue weighted by molar-refractivity contribution is 0.0707. The summed E-state index contributed by atoms with van der Waals surface area (Å²) in [4.78, 5) is 18.4. The average molecular weight is 301 g/mol. The first kappa shape index (κ1) is 14.1. The van der Waals surface area contributed by atoms with Crippen LogP contribution in [0.4, 0.5) is 0 Å². The maximum atomic E-state index is 12.4. The van der Waals surface area contributed by atoms with E-state index >= 15 is 0 Å². The van der Waals surface area contributed by atoms with Crippen LogP contribution in [0.1, 0.15) is 34.8 Å². The lowest BCUT2D eigenvalue weighted by Gasteiger charge is -2.32. The van der Waals surface area contributed by atoms with Crippen molar-refractivity contribution in [2.24, 2.45) is 0 Å². The lowest BCUT2D eigenvalue weighted by atomic mass is 9.89. The van der Waals surface area contributed by atoms with Crippen LogP contribution >= 0.6 is 11.6 Å². The molecule has 0 N–H and O–H groups in total. The number of aromatic nitrogens is 1. The maximum absolute atomic E-state index is 12.4. The van der Waals surface area contributed by atoms with E-state index in [4.69, 9.17) is 11.6 Å². The number of halogens is 1. The third-order valence-electron chi connectivity index (χ3n) is 3.99. The molecule has 1 aromatic heterocycles. The fraction of sp³-hybridized carbons (Fsp3) is 0.294. The van der Waals surface area contributed by atoms with Crippen LogP contribution < -0.4 is 0 Å². The van der Waals surface area contributed by atoms with Crippen LogP contribution in [0.15, 0.2) is 48.5 Å². The number of rotatable bonds is 2. The van der Waals surface area contributed by atoms with Crippen molar-refractivity contribution in [3.63, 3.8) is 0 Å². The van der Waals surface area contributed by atoms with Crippen LogP contribution in [0.3, 0.4) is 0 Å². The van der Waals surface area contributed by atoms with Gasteiger partial charge in [-0.25, -0.2) is 4.98 Å². The van der Waals surface area contributed by atoms with E-state index in [1.54, 1.807) is 18.2 Å². The third kappa shape index (κ3) is 3.24. The first-order chi connectivity index (χ1) is 10.2. The lowest BCUT2D eigenvalue weighted by Crippen LogP contribution is -2.38. The predicted molar refractivity (Wildman–Crippen MR) is 83.6 cm³/mol. The van der Waals surface area contributed by atoms with Crippen LogP contribution in [0.25, 0.3) is 0 Å². The second kappa shape index (κ2) is 6.27. The molecule has 0 saturated carbocycles. The van der Waals surface area contributed by atoms with Crippen molar-refractivity contribution in [3.05, 3.63) is 64.9 Å². The smallest absolute Gasteiger partial charge is 0.272 e. The summed E-state index contributed by atoms with van der Waals surface area (Å²) in [5.74, 6) is 0.520. The second-order valence-corrected chi connectivity index (χ2v) is 5.71. The molecule has 0 atom stereocenters. The number of carbonyl (C=O) groups excluding carboxylic acids is 1. The highest BCUT2D eigenvalue weighted by atomic mass is 35.5. The van der Waals surface area contributed by atoms with Crippen molar-refractivity contribution in [1.29, 1.82) is 0 Å². The van der Waals surface area contributed by atoms with Crippen LogP contribution in [0, 0.1) is 0 Å². The molecule has 3 rings (SSSR count). The molecule has 21 heavy (non-hydrogen) atoms. The van der Waals surface area contributed by atoms with Gasteiger partial charge in [-0.05, 0) is 36.5 Å². The molecule has 0 spiro atoms. The zero-order chi connectivity index (χ0) is 14.7. The highest BCUT2D eigenvalue weighted by Gasteiger charge is 2.25. The number of hydrogen-bond donors (Lipinski definition) is 0. The number of hydrogen-bond acceptors (Lipinski definition) is 2. The van der Waals surface area contributed by atoms with Gasteiger partial charge in [0.2, 0.25) is 0 Å². The molecule has 0 unspecified atom stereocenters. The number of nitrogens with zero attached hydrogens (tertiary/aromatic N) is 2. The Bertz CT molecular complexity index is 622. The first-order valence-electron chi connectivity index (χ1n) is 7.21. The summed E-state index contributed by atoms with van der Waals surface area (Å²) in [6, 6.07) is 15.7. The van der Waals surface area contributed by atoms with Crippen LogP contribution in [-0.2, 0) is 0 Å². The first-order valence-corrected chi connectivity index (χ1v) is 7.58. The van der Waals surface area contributed by atoms with Gasteiger partial charge in [-0.15, -0.1) is 0 Å². The summed E-state index contributed by atoms with van der Waals surface area (Å²) in [5.41, 5.74) is 1.80. The number of pyridine rings is 1. The summed E-state index contributed by atoms with van der Waals surface area (Å²) in [7, 11) is 0. The van der Waals surface area contributed by atoms with E-state index in [0.29, 0.717) is 16.8 Å². The molecule has 1 fully saturated rings. The predicted octanol–water partition coefficient (Wildman–Crippen LogP) is 3.75. The topological polar surface area (TPSA) is 33.2 Å². The van der Waals surface area contributed by atoms with Gasteiger partial charge in [0.25, 0.3) is 5.91 Å². The van der Waals surface area contributed by atoms with Gasteiger partial charge in [0.15, 0.2) is 0 Å². The van der Waals surface area contributed by atoms with Gasteiger partial charge in [0.05, 0.1) is 0 Å². The van der Waals surface area contributed by atoms with Gasteiger partial charge >= 0.3 is 0 Å². The molecule has 0 radical (unpaired) electrons. The normalized spacial score (nSPS) is 16.0. The third-order valence-corrected chi connectivity index (χ3v) is 4.20. The molecular weight excluding hydrogens is 284 g/mol. The molecule has 3 nitrogen and oxygen atoms in total. The Morgan fingerprint density at radius 1 is 1.05 bits per heavy atom. The number of benzene rings is 1. The van der Waals surface area contributed by atoms with E-state index in [0.717, 1.165) is 25.9 Å². The molecule has 108 valence electrons. The molecule has 2 aromatic rings. The van der Waals surface area contributed by atoms with Crippen molar-refractivity contribution >= 4 is 17.5 Å². The molecule has 2 heterocycles. The Morgan fingerprint density at radius 3 is 2.43 bits per heavy atom. The molecule has 1 aliphatic rings. The number of amides is 1. The maximum Gasteiger partial charge on any atom is 0.272 e. The summed E-state index contributed by atoms with van der Waals surface area (Å²) in [6.45, 7) is 1.54. The molecule has 0 bridgehead atoms. The Balaban J connectivity index is 1.64. The molecule has 1 aromatic carbocycles. The van der Waals surface area contributed by atoms with E-state index < -0.39 is 0 Å². The highest BCUT2D eigenvalue weighted by molar-refractivity contribution is 6.29. The minimum Gasteiger partial charge on any atom is -0.337 e. The van der Waals surface area contributed by atoms with Gasteiger partial charge in [-0.2, -0.15) is 0 Å². The minimum atomic E-state index is -0.0241. The number of piperidine rings is 1. The summed E-state index contributed by atoms with van der Waals surface area (Å²) < 4.78 is 0. The Hall–Kier alpha value is -1.87. The zero-order valence-corrected chi connectivity index (χ0v) is 12.5. The van der Waals surface area contributed by atoms with E-state index in [1.165, 1.54) is 5.56 Å². The number of likely N-dealkylation sites (tertiary alicyclic amines) is 1. The van der Waals surface area contributed by atoms with E-state index in [1.807, 2.05) is 11.0 Å². The summed E-state index contributed by atoms with van der Waals surface area (Å²) in [5, 5.41) is 0.361. The standard InChI is InChI=1S/C17H17ClN2O/c18-16-8-4-7-15(19-16)17(21)20-11-9-14(10-12-20)13-5-2-1-3-6-13/h1-8,14H,9-12H2. The second-order valence-electron chi connectivity index (χ2n) is 5.32. The quantitative estimate of drug-likeness (QED) is 0.791. The van der Waals surface area contributed by atoms with E-state index in [-0.39, 0.29) is 5.91 Å². The zero-order valence-electron chi connectivity index (χ0n) is 11.7. The molecule has 0 aliphatic carbocycles. The molecule has 1 amide bonds. The Kier molecular flexibility index (Phi) is 4.20. The fourth-order valence-corrected chi connectivity index (χ4v) is 2.99. The Morgan fingerprint density at radius 2 is 1.76 bits per heavy atom. The summed E-state index contributed by atoms with van der Waals surface area (Å²) in [6.07, 6.45) is 1.99. The van der Waals surface area contributed by atoms with Crippen molar-refractivity contribution in [2.75, 3.05) is 13.1 Å². The van der Waals surface area contributed by atoms with Crippen molar-refractivity contribution in [2.45, 2.75) is 18.8 Å². The van der Waals surface area contributed by atoms with Crippen molar-refractivity contribution in [1.82, 2.24) is 9.88 Å². The van der Waals surface area contributed by atoms with Crippen molar-refractivity contribution in [3.8, 4) is 0 Å². The average Bonchev–Trinajstić information content (AvgIpc) is 2.55. The minimum absolute atomic E-state index is 0.0241. The molecule has 1 aliphatic heterocycles. The molecular formula is C17H17ClN2O. The van der Waals surface area contributed by atoms with Crippen molar-refractivity contribution < 1.29 is 4.79 Å². The fourth-order valence-electron chi connectivity index (χ4n) is 2.83. The van der Waals surface area contributed by atoms with Crippen LogP contribution in [0.2, 0.25) is 5.15 Å². The van der Waals surface area contributed by atoms with E-state index in [2.05, 4.69) is 29.2 Å². The van der Waals surface area contributed by atoms with Gasteiger partial charge < -0.3 is 4.90 Å². The molecule has 4 heteroatoms. The van der Waals surface area contributed by atoms with Gasteiger partial charge in [0.1, 0.15) is 10.8 Å². The van der Waals surface area contributed by atoms with Crippen LogP contribution in [-0.4, -0.2) is 28.9 Å². The SMILES string of the molecule is O=C(c1cccc(Cl)n1)N1CCC(c2ccccc2)CC1. The largest absolute Gasteiger partial charge is 0.337 e. The van der Waals surface area contributed by atoms with E-state index in [9.17, 15) is 4.79 Å². The molecule has 1 saturated heterocycles. The monoisotopic (exact) mass is 300 g/mol. The van der Waals surface area contributed by atoms with Crippen LogP contribution in [0.5, 0.6) is 0 Å². The number of carbonyl (C=O) groups is 1. The van der Waals surface area contributed by atoms with Gasteiger partial charge in [0, 0.05) is 13.1 Å². The Labute approximate surface area is 129 Å². The van der Waals surface area contributed by atoms with Gasteiger partial charge in [-0.1, -0.05) is 48.0 Å². The summed E-state index contributed by atoms with van der Waals surface area (Å²) >= 11 is 5.85. The highest BCUT2D eigenvalue weighted by Crippen LogP contribution is 2.28.